The van der Waals surface area contributed by atoms with E-state index in [0.717, 1.165) is 29.0 Å². The summed E-state index contributed by atoms with van der Waals surface area (Å²) in [6.45, 7) is 9.36. The summed E-state index contributed by atoms with van der Waals surface area (Å²) in [6.07, 6.45) is 0. The smallest absolute Gasteiger partial charge is 0.251 e. The summed E-state index contributed by atoms with van der Waals surface area (Å²) in [4.78, 5) is 17.1. The van der Waals surface area contributed by atoms with Gasteiger partial charge in [0.25, 0.3) is 5.91 Å². The molecule has 0 unspecified atom stereocenters. The summed E-state index contributed by atoms with van der Waals surface area (Å²) < 4.78 is 2.23. The fraction of sp³-hybridized carbons (Fsp3) is 0.231. The van der Waals surface area contributed by atoms with Crippen LogP contribution in [0.5, 0.6) is 0 Å². The lowest BCUT2D eigenvalue weighted by atomic mass is 9.91. The summed E-state index contributed by atoms with van der Waals surface area (Å²) in [7, 11) is 1.64. The van der Waals surface area contributed by atoms with Crippen LogP contribution < -0.4 is 5.32 Å². The Balaban J connectivity index is 1.99. The van der Waals surface area contributed by atoms with Crippen molar-refractivity contribution in [3.8, 4) is 22.5 Å². The fourth-order valence-corrected chi connectivity index (χ4v) is 4.25. The molecule has 4 nitrogen and oxygen atoms in total. The highest BCUT2D eigenvalue weighted by molar-refractivity contribution is 5.98. The van der Waals surface area contributed by atoms with Crippen molar-refractivity contribution in [2.45, 2.75) is 34.2 Å². The first-order valence-electron chi connectivity index (χ1n) is 10.3. The van der Waals surface area contributed by atoms with E-state index < -0.39 is 0 Å². The molecule has 1 aromatic heterocycles. The molecule has 0 radical (unpaired) electrons. The molecular weight excluding hydrogens is 370 g/mol. The van der Waals surface area contributed by atoms with Crippen molar-refractivity contribution in [1.82, 2.24) is 14.9 Å². The first-order chi connectivity index (χ1) is 14.4. The van der Waals surface area contributed by atoms with Gasteiger partial charge in [-0.2, -0.15) is 0 Å². The van der Waals surface area contributed by atoms with Gasteiger partial charge >= 0.3 is 0 Å². The zero-order valence-electron chi connectivity index (χ0n) is 18.2. The van der Waals surface area contributed by atoms with Crippen molar-refractivity contribution in [2.24, 2.45) is 0 Å². The molecule has 0 bridgehead atoms. The normalized spacial score (nSPS) is 11.1. The SMILES string of the molecule is CCn1c(-c2cccc(C)c2-c2ccc(C)cc2C)nc2cc(C(=O)NC)ccc21. The molecule has 4 rings (SSSR count). The Hall–Kier alpha value is -3.40. The van der Waals surface area contributed by atoms with E-state index in [2.05, 4.69) is 74.0 Å². The molecule has 0 aliphatic carbocycles. The number of amides is 1. The zero-order valence-corrected chi connectivity index (χ0v) is 18.2. The largest absolute Gasteiger partial charge is 0.355 e. The minimum atomic E-state index is -0.101. The molecule has 4 heteroatoms. The number of carbonyl (C=O) groups excluding carboxylic acids is 1. The van der Waals surface area contributed by atoms with Crippen LogP contribution in [0.1, 0.15) is 34.0 Å². The number of nitrogens with one attached hydrogen (secondary N) is 1. The summed E-state index contributed by atoms with van der Waals surface area (Å²) in [5.74, 6) is 0.830. The monoisotopic (exact) mass is 397 g/mol. The minimum Gasteiger partial charge on any atom is -0.355 e. The van der Waals surface area contributed by atoms with Gasteiger partial charge in [-0.15, -0.1) is 0 Å². The predicted octanol–water partition coefficient (Wildman–Crippen LogP) is 5.68. The molecular formula is C26H27N3O. The number of benzene rings is 3. The highest BCUT2D eigenvalue weighted by atomic mass is 16.1. The van der Waals surface area contributed by atoms with Crippen LogP contribution >= 0.6 is 0 Å². The highest BCUT2D eigenvalue weighted by Gasteiger charge is 2.19. The van der Waals surface area contributed by atoms with Crippen LogP contribution in [0.3, 0.4) is 0 Å². The molecule has 0 saturated heterocycles. The van der Waals surface area contributed by atoms with Crippen LogP contribution in [-0.2, 0) is 6.54 Å². The number of carbonyl (C=O) groups is 1. The molecule has 0 aliphatic heterocycles. The third kappa shape index (κ3) is 3.28. The standard InChI is InChI=1S/C26H27N3O/c1-6-29-23-13-11-19(26(30)27-5)15-22(23)28-25(29)21-9-7-8-17(3)24(21)20-12-10-16(2)14-18(20)4/h7-15H,6H2,1-5H3,(H,27,30). The summed E-state index contributed by atoms with van der Waals surface area (Å²) >= 11 is 0. The van der Waals surface area contributed by atoms with Gasteiger partial charge in [-0.3, -0.25) is 4.79 Å². The van der Waals surface area contributed by atoms with Crippen LogP contribution in [0.2, 0.25) is 0 Å². The van der Waals surface area contributed by atoms with Crippen molar-refractivity contribution in [3.05, 3.63) is 76.9 Å². The lowest BCUT2D eigenvalue weighted by Crippen LogP contribution is -2.17. The molecule has 0 spiro atoms. The third-order valence-electron chi connectivity index (χ3n) is 5.72. The van der Waals surface area contributed by atoms with Crippen LogP contribution in [0, 0.1) is 20.8 Å². The van der Waals surface area contributed by atoms with E-state index in [1.807, 2.05) is 18.2 Å². The van der Waals surface area contributed by atoms with Gasteiger partial charge in [-0.1, -0.05) is 42.0 Å². The quantitative estimate of drug-likeness (QED) is 0.482. The first-order valence-corrected chi connectivity index (χ1v) is 10.3. The number of fused-ring (bicyclic) bond motifs is 1. The molecule has 0 saturated carbocycles. The predicted molar refractivity (Wildman–Crippen MR) is 124 cm³/mol. The highest BCUT2D eigenvalue weighted by Crippen LogP contribution is 2.37. The molecule has 152 valence electrons. The maximum absolute atomic E-state index is 12.1. The fourth-order valence-electron chi connectivity index (χ4n) is 4.25. The Kier molecular flexibility index (Phi) is 5.17. The molecule has 0 atom stereocenters. The number of hydrogen-bond acceptors (Lipinski definition) is 2. The van der Waals surface area contributed by atoms with Gasteiger partial charge in [0.2, 0.25) is 0 Å². The van der Waals surface area contributed by atoms with Crippen LogP contribution in [0.25, 0.3) is 33.5 Å². The second-order valence-corrected chi connectivity index (χ2v) is 7.78. The average Bonchev–Trinajstić information content (AvgIpc) is 3.11. The van der Waals surface area contributed by atoms with Crippen LogP contribution in [0.15, 0.2) is 54.6 Å². The Morgan fingerprint density at radius 3 is 2.47 bits per heavy atom. The van der Waals surface area contributed by atoms with E-state index >= 15 is 0 Å². The minimum absolute atomic E-state index is 0.101. The number of aryl methyl sites for hydroxylation is 4. The van der Waals surface area contributed by atoms with Crippen LogP contribution in [-0.4, -0.2) is 22.5 Å². The van der Waals surface area contributed by atoms with Crippen molar-refractivity contribution < 1.29 is 4.79 Å². The second-order valence-electron chi connectivity index (χ2n) is 7.78. The van der Waals surface area contributed by atoms with E-state index in [4.69, 9.17) is 4.98 Å². The van der Waals surface area contributed by atoms with Crippen molar-refractivity contribution in [1.29, 1.82) is 0 Å². The number of aromatic nitrogens is 2. The Bertz CT molecular complexity index is 1270. The summed E-state index contributed by atoms with van der Waals surface area (Å²) in [5.41, 5.74) is 9.79. The molecule has 3 aromatic carbocycles. The number of rotatable bonds is 4. The molecule has 1 amide bonds. The van der Waals surface area contributed by atoms with Crippen molar-refractivity contribution in [2.75, 3.05) is 7.05 Å². The summed E-state index contributed by atoms with van der Waals surface area (Å²) in [6, 6.07) is 18.7. The second kappa shape index (κ2) is 7.79. The number of hydrogen-bond donors (Lipinski definition) is 1. The van der Waals surface area contributed by atoms with Crippen molar-refractivity contribution >= 4 is 16.9 Å². The lowest BCUT2D eigenvalue weighted by molar-refractivity contribution is 0.0963. The van der Waals surface area contributed by atoms with E-state index in [-0.39, 0.29) is 5.91 Å². The van der Waals surface area contributed by atoms with Gasteiger partial charge in [0.05, 0.1) is 11.0 Å². The zero-order chi connectivity index (χ0) is 21.4. The Morgan fingerprint density at radius 1 is 0.967 bits per heavy atom. The van der Waals surface area contributed by atoms with Gasteiger partial charge in [0, 0.05) is 24.7 Å². The Morgan fingerprint density at radius 2 is 1.77 bits per heavy atom. The van der Waals surface area contributed by atoms with E-state index in [1.165, 1.54) is 27.8 Å². The number of imidazole rings is 1. The van der Waals surface area contributed by atoms with E-state index in [9.17, 15) is 4.79 Å². The van der Waals surface area contributed by atoms with Crippen molar-refractivity contribution in [3.63, 3.8) is 0 Å². The molecule has 0 aliphatic rings. The lowest BCUT2D eigenvalue weighted by Gasteiger charge is -2.16. The molecule has 4 aromatic rings. The Labute approximate surface area is 177 Å². The van der Waals surface area contributed by atoms with Crippen LogP contribution in [0.4, 0.5) is 0 Å². The van der Waals surface area contributed by atoms with E-state index in [1.54, 1.807) is 7.05 Å². The molecule has 30 heavy (non-hydrogen) atoms. The van der Waals surface area contributed by atoms with E-state index in [0.29, 0.717) is 5.56 Å². The van der Waals surface area contributed by atoms with Gasteiger partial charge in [-0.05, 0) is 68.1 Å². The average molecular weight is 398 g/mol. The third-order valence-corrected chi connectivity index (χ3v) is 5.72. The molecule has 1 N–H and O–H groups in total. The van der Waals surface area contributed by atoms with Gasteiger partial charge < -0.3 is 9.88 Å². The maximum atomic E-state index is 12.1. The summed E-state index contributed by atoms with van der Waals surface area (Å²) in [5, 5.41) is 2.69. The number of nitrogens with zero attached hydrogens (tertiary/aromatic N) is 2. The first kappa shape index (κ1) is 19.9. The van der Waals surface area contributed by atoms with Gasteiger partial charge in [0.1, 0.15) is 5.82 Å². The van der Waals surface area contributed by atoms with Gasteiger partial charge in [-0.25, -0.2) is 4.98 Å². The topological polar surface area (TPSA) is 46.9 Å². The molecule has 1 heterocycles. The van der Waals surface area contributed by atoms with Gasteiger partial charge in [0.15, 0.2) is 0 Å². The molecule has 0 fully saturated rings. The maximum Gasteiger partial charge on any atom is 0.251 e.